The lowest BCUT2D eigenvalue weighted by Crippen LogP contribution is -2.46. The first kappa shape index (κ1) is 14.4. The standard InChI is InChI=1S/C17H23FN2O/c1-12-6-7-15(10-16(12)18)19-17(21)20-9-8-13-4-2-3-5-14(13)11-20/h6-7,10,13-14H,2-5,8-9,11H2,1H3,(H,19,21)/t13-,14-/m1/s1. The molecule has 3 rings (SSSR count). The zero-order valence-corrected chi connectivity index (χ0v) is 12.6. The minimum absolute atomic E-state index is 0.0951. The van der Waals surface area contributed by atoms with Crippen molar-refractivity contribution >= 4 is 11.7 Å². The molecule has 1 heterocycles. The number of urea groups is 1. The number of hydrogen-bond acceptors (Lipinski definition) is 1. The van der Waals surface area contributed by atoms with Crippen molar-refractivity contribution in [1.82, 2.24) is 4.90 Å². The summed E-state index contributed by atoms with van der Waals surface area (Å²) in [6.45, 7) is 3.39. The highest BCUT2D eigenvalue weighted by Crippen LogP contribution is 2.36. The van der Waals surface area contributed by atoms with Crippen LogP contribution in [0.4, 0.5) is 14.9 Å². The highest BCUT2D eigenvalue weighted by atomic mass is 19.1. The van der Waals surface area contributed by atoms with Gasteiger partial charge in [0.1, 0.15) is 5.82 Å². The molecule has 0 bridgehead atoms. The monoisotopic (exact) mass is 290 g/mol. The number of aryl methyl sites for hydroxylation is 1. The SMILES string of the molecule is Cc1ccc(NC(=O)N2CC[C@H]3CCCC[C@@H]3C2)cc1F. The van der Waals surface area contributed by atoms with E-state index < -0.39 is 0 Å². The Bertz CT molecular complexity index is 532. The molecule has 3 nitrogen and oxygen atoms in total. The van der Waals surface area contributed by atoms with Crippen LogP contribution in [0.3, 0.4) is 0 Å². The summed E-state index contributed by atoms with van der Waals surface area (Å²) < 4.78 is 13.5. The van der Waals surface area contributed by atoms with Gasteiger partial charge in [-0.25, -0.2) is 9.18 Å². The third-order valence-electron chi connectivity index (χ3n) is 5.00. The molecule has 1 aromatic carbocycles. The Morgan fingerprint density at radius 3 is 2.76 bits per heavy atom. The van der Waals surface area contributed by atoms with Gasteiger partial charge in [-0.05, 0) is 49.3 Å². The second kappa shape index (κ2) is 6.04. The molecule has 0 aromatic heterocycles. The predicted octanol–water partition coefficient (Wildman–Crippen LogP) is 4.18. The van der Waals surface area contributed by atoms with Gasteiger partial charge in [-0.15, -0.1) is 0 Å². The summed E-state index contributed by atoms with van der Waals surface area (Å²) in [7, 11) is 0. The molecule has 0 unspecified atom stereocenters. The summed E-state index contributed by atoms with van der Waals surface area (Å²) in [5.74, 6) is 1.19. The molecule has 2 amide bonds. The van der Waals surface area contributed by atoms with Crippen molar-refractivity contribution in [3.8, 4) is 0 Å². The quantitative estimate of drug-likeness (QED) is 0.827. The van der Waals surface area contributed by atoms with E-state index in [2.05, 4.69) is 5.32 Å². The number of fused-ring (bicyclic) bond motifs is 1. The third kappa shape index (κ3) is 3.20. The Kier molecular flexibility index (Phi) is 4.13. The molecule has 1 aromatic rings. The zero-order valence-electron chi connectivity index (χ0n) is 12.6. The van der Waals surface area contributed by atoms with Gasteiger partial charge in [0.15, 0.2) is 0 Å². The van der Waals surface area contributed by atoms with Crippen LogP contribution < -0.4 is 5.32 Å². The molecule has 1 N–H and O–H groups in total. The third-order valence-corrected chi connectivity index (χ3v) is 5.00. The van der Waals surface area contributed by atoms with E-state index in [-0.39, 0.29) is 11.8 Å². The maximum Gasteiger partial charge on any atom is 0.321 e. The van der Waals surface area contributed by atoms with Crippen molar-refractivity contribution in [3.63, 3.8) is 0 Å². The fourth-order valence-corrected chi connectivity index (χ4v) is 3.66. The molecule has 2 atom stereocenters. The van der Waals surface area contributed by atoms with E-state index >= 15 is 0 Å². The number of carbonyl (C=O) groups is 1. The molecule has 1 saturated heterocycles. The number of carbonyl (C=O) groups excluding carboxylic acids is 1. The topological polar surface area (TPSA) is 32.3 Å². The highest BCUT2D eigenvalue weighted by Gasteiger charge is 2.32. The molecule has 1 aliphatic carbocycles. The summed E-state index contributed by atoms with van der Waals surface area (Å²) in [6.07, 6.45) is 6.31. The second-order valence-corrected chi connectivity index (χ2v) is 6.43. The van der Waals surface area contributed by atoms with Gasteiger partial charge in [-0.1, -0.05) is 25.3 Å². The van der Waals surface area contributed by atoms with E-state index in [4.69, 9.17) is 0 Å². The molecule has 1 saturated carbocycles. The second-order valence-electron chi connectivity index (χ2n) is 6.43. The number of nitrogens with one attached hydrogen (secondary N) is 1. The molecule has 4 heteroatoms. The molecule has 114 valence electrons. The van der Waals surface area contributed by atoms with Crippen LogP contribution in [0.2, 0.25) is 0 Å². The number of rotatable bonds is 1. The number of hydrogen-bond donors (Lipinski definition) is 1. The van der Waals surface area contributed by atoms with Crippen LogP contribution >= 0.6 is 0 Å². The summed E-state index contributed by atoms with van der Waals surface area (Å²) in [5, 5.41) is 2.82. The van der Waals surface area contributed by atoms with Crippen LogP contribution in [0.15, 0.2) is 18.2 Å². The molecule has 0 spiro atoms. The Labute approximate surface area is 125 Å². The maximum absolute atomic E-state index is 13.5. The molecule has 21 heavy (non-hydrogen) atoms. The van der Waals surface area contributed by atoms with Crippen molar-refractivity contribution in [2.75, 3.05) is 18.4 Å². The van der Waals surface area contributed by atoms with Crippen LogP contribution in [-0.4, -0.2) is 24.0 Å². The molecular weight excluding hydrogens is 267 g/mol. The first-order chi connectivity index (χ1) is 10.1. The van der Waals surface area contributed by atoms with Gasteiger partial charge in [0.2, 0.25) is 0 Å². The first-order valence-electron chi connectivity index (χ1n) is 7.95. The number of halogens is 1. The lowest BCUT2D eigenvalue weighted by Gasteiger charge is -2.41. The zero-order chi connectivity index (χ0) is 14.8. The van der Waals surface area contributed by atoms with Gasteiger partial charge in [-0.3, -0.25) is 0 Å². The maximum atomic E-state index is 13.5. The summed E-state index contributed by atoms with van der Waals surface area (Å²) in [6, 6.07) is 4.74. The van der Waals surface area contributed by atoms with Crippen LogP contribution in [0.5, 0.6) is 0 Å². The fraction of sp³-hybridized carbons (Fsp3) is 0.588. The van der Waals surface area contributed by atoms with E-state index in [0.29, 0.717) is 17.2 Å². The fourth-order valence-electron chi connectivity index (χ4n) is 3.66. The smallest absolute Gasteiger partial charge is 0.321 e. The van der Waals surface area contributed by atoms with Gasteiger partial charge >= 0.3 is 6.03 Å². The van der Waals surface area contributed by atoms with Crippen LogP contribution in [-0.2, 0) is 0 Å². The summed E-state index contributed by atoms with van der Waals surface area (Å²) in [5.41, 5.74) is 1.13. The molecule has 2 aliphatic rings. The van der Waals surface area contributed by atoms with Crippen molar-refractivity contribution in [3.05, 3.63) is 29.6 Å². The van der Waals surface area contributed by atoms with Crippen molar-refractivity contribution in [1.29, 1.82) is 0 Å². The summed E-state index contributed by atoms with van der Waals surface area (Å²) in [4.78, 5) is 14.2. The van der Waals surface area contributed by atoms with Crippen LogP contribution in [0, 0.1) is 24.6 Å². The number of amides is 2. The van der Waals surface area contributed by atoms with E-state index in [1.165, 1.54) is 31.7 Å². The highest BCUT2D eigenvalue weighted by molar-refractivity contribution is 5.89. The Balaban J connectivity index is 1.61. The lowest BCUT2D eigenvalue weighted by molar-refractivity contribution is 0.108. The van der Waals surface area contributed by atoms with Gasteiger partial charge in [-0.2, -0.15) is 0 Å². The summed E-state index contributed by atoms with van der Waals surface area (Å²) >= 11 is 0. The number of benzene rings is 1. The Hall–Kier alpha value is -1.58. The number of nitrogens with zero attached hydrogens (tertiary/aromatic N) is 1. The number of piperidine rings is 1. The predicted molar refractivity (Wildman–Crippen MR) is 81.8 cm³/mol. The largest absolute Gasteiger partial charge is 0.324 e. The minimum atomic E-state index is -0.279. The number of likely N-dealkylation sites (tertiary alicyclic amines) is 1. The Morgan fingerprint density at radius 2 is 2.00 bits per heavy atom. The normalized spacial score (nSPS) is 25.3. The molecule has 2 fully saturated rings. The van der Waals surface area contributed by atoms with E-state index in [1.807, 2.05) is 4.90 Å². The van der Waals surface area contributed by atoms with Gasteiger partial charge in [0.05, 0.1) is 0 Å². The minimum Gasteiger partial charge on any atom is -0.324 e. The average Bonchev–Trinajstić information content (AvgIpc) is 2.50. The molecule has 0 radical (unpaired) electrons. The van der Waals surface area contributed by atoms with Crippen molar-refractivity contribution in [2.24, 2.45) is 11.8 Å². The van der Waals surface area contributed by atoms with Gasteiger partial charge in [0.25, 0.3) is 0 Å². The van der Waals surface area contributed by atoms with Gasteiger partial charge in [0, 0.05) is 18.8 Å². The van der Waals surface area contributed by atoms with E-state index in [0.717, 1.165) is 25.4 Å². The molecule has 1 aliphatic heterocycles. The average molecular weight is 290 g/mol. The molecular formula is C17H23FN2O. The van der Waals surface area contributed by atoms with Crippen LogP contribution in [0.1, 0.15) is 37.7 Å². The number of anilines is 1. The van der Waals surface area contributed by atoms with Crippen molar-refractivity contribution in [2.45, 2.75) is 39.0 Å². The lowest BCUT2D eigenvalue weighted by atomic mass is 9.75. The van der Waals surface area contributed by atoms with E-state index in [1.54, 1.807) is 19.1 Å². The first-order valence-corrected chi connectivity index (χ1v) is 7.95. The van der Waals surface area contributed by atoms with Crippen LogP contribution in [0.25, 0.3) is 0 Å². The Morgan fingerprint density at radius 1 is 1.24 bits per heavy atom. The van der Waals surface area contributed by atoms with Crippen molar-refractivity contribution < 1.29 is 9.18 Å². The van der Waals surface area contributed by atoms with E-state index in [9.17, 15) is 9.18 Å². The van der Waals surface area contributed by atoms with Gasteiger partial charge < -0.3 is 10.2 Å².